The van der Waals surface area contributed by atoms with Gasteiger partial charge in [-0.15, -0.1) is 0 Å². The number of allylic oxidation sites excluding steroid dienone is 8. The van der Waals surface area contributed by atoms with Gasteiger partial charge in [0.05, 0.1) is 12.7 Å². The van der Waals surface area contributed by atoms with E-state index in [-0.39, 0.29) is 0 Å². The van der Waals surface area contributed by atoms with E-state index < -0.39 is 0 Å². The summed E-state index contributed by atoms with van der Waals surface area (Å²) >= 11 is 0. The minimum Gasteiger partial charge on any atom is -0.377 e. The summed E-state index contributed by atoms with van der Waals surface area (Å²) in [6.45, 7) is 6.46. The van der Waals surface area contributed by atoms with Crippen LogP contribution in [0.2, 0.25) is 0 Å². The van der Waals surface area contributed by atoms with Crippen LogP contribution in [0, 0.1) is 0 Å². The Kier molecular flexibility index (Phi) is 37.1. The number of hydrogen-bond acceptors (Lipinski definition) is 2. The van der Waals surface area contributed by atoms with Crippen molar-refractivity contribution in [1.82, 2.24) is 4.90 Å². The maximum absolute atomic E-state index is 6.34. The van der Waals surface area contributed by atoms with Crippen molar-refractivity contribution in [2.45, 2.75) is 193 Å². The van der Waals surface area contributed by atoms with Gasteiger partial charge in [0, 0.05) is 6.54 Å². The van der Waals surface area contributed by atoms with Crippen molar-refractivity contribution < 1.29 is 4.74 Å². The number of unbranched alkanes of at least 4 members (excludes halogenated alkanes) is 19. The Bertz CT molecular complexity index is 646. The average molecular weight is 614 g/mol. The highest BCUT2D eigenvalue weighted by molar-refractivity contribution is 4.93. The van der Waals surface area contributed by atoms with Gasteiger partial charge in [-0.2, -0.15) is 0 Å². The Balaban J connectivity index is 3.77. The van der Waals surface area contributed by atoms with E-state index in [1.807, 2.05) is 0 Å². The van der Waals surface area contributed by atoms with Crippen LogP contribution in [0.25, 0.3) is 0 Å². The van der Waals surface area contributed by atoms with Gasteiger partial charge in [0.1, 0.15) is 0 Å². The van der Waals surface area contributed by atoms with Crippen LogP contribution in [0.5, 0.6) is 0 Å². The Morgan fingerprint density at radius 1 is 0.432 bits per heavy atom. The maximum atomic E-state index is 6.34. The van der Waals surface area contributed by atoms with Crippen LogP contribution in [0.4, 0.5) is 0 Å². The molecule has 0 spiro atoms. The number of nitrogens with zero attached hydrogens (tertiary/aromatic N) is 1. The molecule has 1 unspecified atom stereocenters. The lowest BCUT2D eigenvalue weighted by Gasteiger charge is -2.19. The van der Waals surface area contributed by atoms with Gasteiger partial charge in [-0.25, -0.2) is 0 Å². The average Bonchev–Trinajstić information content (AvgIpc) is 3.01. The first-order valence-electron chi connectivity index (χ1n) is 19.6. The summed E-state index contributed by atoms with van der Waals surface area (Å²) in [5.74, 6) is 0. The summed E-state index contributed by atoms with van der Waals surface area (Å²) in [7, 11) is 4.29. The second-order valence-corrected chi connectivity index (χ2v) is 13.4. The molecule has 0 N–H and O–H groups in total. The Morgan fingerprint density at radius 2 is 0.773 bits per heavy atom. The normalized spacial score (nSPS) is 13.2. The summed E-state index contributed by atoms with van der Waals surface area (Å²) in [5.41, 5.74) is 0. The van der Waals surface area contributed by atoms with Crippen LogP contribution in [-0.2, 0) is 4.74 Å². The van der Waals surface area contributed by atoms with E-state index in [0.29, 0.717) is 6.10 Å². The molecule has 258 valence electrons. The van der Waals surface area contributed by atoms with Gasteiger partial charge >= 0.3 is 0 Å². The lowest BCUT2D eigenvalue weighted by Crippen LogP contribution is -2.22. The molecule has 44 heavy (non-hydrogen) atoms. The Morgan fingerprint density at radius 3 is 1.18 bits per heavy atom. The molecule has 0 fully saturated rings. The number of rotatable bonds is 35. The van der Waals surface area contributed by atoms with Crippen LogP contribution in [-0.4, -0.2) is 38.3 Å². The van der Waals surface area contributed by atoms with Crippen LogP contribution >= 0.6 is 0 Å². The highest BCUT2D eigenvalue weighted by Crippen LogP contribution is 2.17. The molecule has 0 radical (unpaired) electrons. The van der Waals surface area contributed by atoms with Crippen molar-refractivity contribution in [3.8, 4) is 0 Å². The summed E-state index contributed by atoms with van der Waals surface area (Å²) in [5, 5.41) is 0. The molecule has 0 aliphatic rings. The van der Waals surface area contributed by atoms with Gasteiger partial charge in [0.15, 0.2) is 0 Å². The van der Waals surface area contributed by atoms with Gasteiger partial charge in [-0.1, -0.05) is 159 Å². The fourth-order valence-corrected chi connectivity index (χ4v) is 5.61. The summed E-state index contributed by atoms with van der Waals surface area (Å²) in [6, 6.07) is 0. The SMILES string of the molecule is CCCCC/C=C/C/C=C/CCCCCCCCC(CCCCCCCC/C=C/C/C=C/CCCCCC)OCCN(C)C. The van der Waals surface area contributed by atoms with Crippen molar-refractivity contribution in [1.29, 1.82) is 0 Å². The molecule has 2 nitrogen and oxygen atoms in total. The van der Waals surface area contributed by atoms with Crippen molar-refractivity contribution in [2.75, 3.05) is 27.2 Å². The standard InChI is InChI=1S/C42H79NO/c1-5-7-9-11-13-15-17-19-21-23-25-27-29-31-33-35-37-39-42(44-41-40-43(3)4)38-36-34-32-30-28-26-24-22-20-18-16-14-12-10-8-6-2/h14-17,20-23,42H,5-13,18-19,24-41H2,1-4H3/b16-14+,17-15+,22-20+,23-21+. The number of hydrogen-bond donors (Lipinski definition) is 0. The van der Waals surface area contributed by atoms with Gasteiger partial charge in [0.2, 0.25) is 0 Å². The fourth-order valence-electron chi connectivity index (χ4n) is 5.61. The molecular formula is C42H79NO. The number of likely N-dealkylation sites (N-methyl/N-ethyl adjacent to an activating group) is 1. The lowest BCUT2D eigenvalue weighted by atomic mass is 10.0. The van der Waals surface area contributed by atoms with Crippen molar-refractivity contribution in [2.24, 2.45) is 0 Å². The zero-order valence-corrected chi connectivity index (χ0v) is 30.6. The first-order valence-corrected chi connectivity index (χ1v) is 19.6. The third kappa shape index (κ3) is 37.1. The molecular weight excluding hydrogens is 534 g/mol. The van der Waals surface area contributed by atoms with Crippen LogP contribution in [0.3, 0.4) is 0 Å². The van der Waals surface area contributed by atoms with Crippen molar-refractivity contribution in [3.05, 3.63) is 48.6 Å². The zero-order valence-electron chi connectivity index (χ0n) is 30.6. The summed E-state index contributed by atoms with van der Waals surface area (Å²) in [4.78, 5) is 2.24. The fraction of sp³-hybridized carbons (Fsp3) is 0.810. The quantitative estimate of drug-likeness (QED) is 0.0521. The second-order valence-electron chi connectivity index (χ2n) is 13.4. The van der Waals surface area contributed by atoms with Crippen LogP contribution in [0.15, 0.2) is 48.6 Å². The van der Waals surface area contributed by atoms with E-state index in [1.54, 1.807) is 0 Å². The first-order chi connectivity index (χ1) is 21.7. The molecule has 0 bridgehead atoms. The van der Waals surface area contributed by atoms with Gasteiger partial charge < -0.3 is 9.64 Å². The van der Waals surface area contributed by atoms with Crippen molar-refractivity contribution in [3.63, 3.8) is 0 Å². The molecule has 0 aromatic carbocycles. The van der Waals surface area contributed by atoms with E-state index >= 15 is 0 Å². The zero-order chi connectivity index (χ0) is 32.0. The highest BCUT2D eigenvalue weighted by Gasteiger charge is 2.09. The predicted octanol–water partition coefficient (Wildman–Crippen LogP) is 13.7. The molecule has 0 saturated carbocycles. The maximum Gasteiger partial charge on any atom is 0.0596 e. The molecule has 0 amide bonds. The molecule has 0 rings (SSSR count). The van der Waals surface area contributed by atoms with Gasteiger partial charge in [-0.05, 0) is 91.1 Å². The molecule has 0 saturated heterocycles. The smallest absolute Gasteiger partial charge is 0.0596 e. The van der Waals surface area contributed by atoms with E-state index in [2.05, 4.69) is 81.5 Å². The minimum atomic E-state index is 0.469. The third-order valence-corrected chi connectivity index (χ3v) is 8.60. The topological polar surface area (TPSA) is 12.5 Å². The van der Waals surface area contributed by atoms with Crippen molar-refractivity contribution >= 4 is 0 Å². The van der Waals surface area contributed by atoms with Gasteiger partial charge in [0.25, 0.3) is 0 Å². The van der Waals surface area contributed by atoms with E-state index in [0.717, 1.165) is 26.0 Å². The predicted molar refractivity (Wildman–Crippen MR) is 201 cm³/mol. The minimum absolute atomic E-state index is 0.469. The molecule has 1 atom stereocenters. The molecule has 0 aliphatic heterocycles. The third-order valence-electron chi connectivity index (χ3n) is 8.60. The summed E-state index contributed by atoms with van der Waals surface area (Å²) in [6.07, 6.45) is 55.0. The first kappa shape index (κ1) is 42.9. The Hall–Kier alpha value is -1.12. The summed E-state index contributed by atoms with van der Waals surface area (Å²) < 4.78 is 6.34. The van der Waals surface area contributed by atoms with E-state index in [1.165, 1.54) is 161 Å². The van der Waals surface area contributed by atoms with Crippen LogP contribution in [0.1, 0.15) is 187 Å². The second kappa shape index (κ2) is 38.1. The monoisotopic (exact) mass is 614 g/mol. The van der Waals surface area contributed by atoms with Crippen LogP contribution < -0.4 is 0 Å². The molecule has 2 heteroatoms. The lowest BCUT2D eigenvalue weighted by molar-refractivity contribution is 0.0303. The highest BCUT2D eigenvalue weighted by atomic mass is 16.5. The molecule has 0 aromatic rings. The van der Waals surface area contributed by atoms with E-state index in [4.69, 9.17) is 4.74 Å². The largest absolute Gasteiger partial charge is 0.377 e. The van der Waals surface area contributed by atoms with Gasteiger partial charge in [-0.3, -0.25) is 0 Å². The molecule has 0 aromatic heterocycles. The molecule has 0 heterocycles. The Labute approximate surface area is 278 Å². The molecule has 0 aliphatic carbocycles. The van der Waals surface area contributed by atoms with E-state index in [9.17, 15) is 0 Å². The number of ether oxygens (including phenoxy) is 1.